The fraction of sp³-hybridized carbons (Fsp3) is 0.333. The maximum absolute atomic E-state index is 6.00. The summed E-state index contributed by atoms with van der Waals surface area (Å²) < 4.78 is 5.84. The Labute approximate surface area is 134 Å². The Kier molecular flexibility index (Phi) is 5.26. The van der Waals surface area contributed by atoms with Gasteiger partial charge in [-0.25, -0.2) is 4.98 Å². The molecule has 6 heteroatoms. The maximum Gasteiger partial charge on any atom is 0.227 e. The molecule has 0 bridgehead atoms. The van der Waals surface area contributed by atoms with E-state index in [1.807, 2.05) is 14.0 Å². The predicted molar refractivity (Wildman–Crippen MR) is 86.8 cm³/mol. The highest BCUT2D eigenvalue weighted by Gasteiger charge is 2.12. The first-order valence-electron chi connectivity index (χ1n) is 6.73. The van der Waals surface area contributed by atoms with Gasteiger partial charge in [0.15, 0.2) is 0 Å². The van der Waals surface area contributed by atoms with Crippen molar-refractivity contribution in [2.45, 2.75) is 26.7 Å². The van der Waals surface area contributed by atoms with Crippen molar-refractivity contribution in [2.24, 2.45) is 0 Å². The van der Waals surface area contributed by atoms with Crippen molar-refractivity contribution in [1.82, 2.24) is 9.97 Å². The quantitative estimate of drug-likeness (QED) is 0.851. The van der Waals surface area contributed by atoms with Crippen LogP contribution >= 0.6 is 23.2 Å². The van der Waals surface area contributed by atoms with Crippen molar-refractivity contribution >= 4 is 29.0 Å². The number of anilines is 1. The molecule has 4 nitrogen and oxygen atoms in total. The minimum absolute atomic E-state index is 0.448. The van der Waals surface area contributed by atoms with Crippen LogP contribution in [-0.2, 0) is 6.42 Å². The van der Waals surface area contributed by atoms with E-state index in [0.29, 0.717) is 21.7 Å². The molecule has 0 aliphatic carbocycles. The Balaban J connectivity index is 2.37. The molecule has 0 aliphatic rings. The smallest absolute Gasteiger partial charge is 0.227 e. The van der Waals surface area contributed by atoms with Gasteiger partial charge < -0.3 is 10.1 Å². The second-order valence-electron chi connectivity index (χ2n) is 4.60. The molecular formula is C15H17Cl2N3O. The van der Waals surface area contributed by atoms with Crippen LogP contribution in [0.3, 0.4) is 0 Å². The van der Waals surface area contributed by atoms with Gasteiger partial charge in [0, 0.05) is 19.5 Å². The molecule has 21 heavy (non-hydrogen) atoms. The van der Waals surface area contributed by atoms with Crippen molar-refractivity contribution in [3.05, 3.63) is 39.6 Å². The normalized spacial score (nSPS) is 10.5. The number of hydrogen-bond donors (Lipinski definition) is 1. The summed E-state index contributed by atoms with van der Waals surface area (Å²) in [5.74, 6) is 2.64. The van der Waals surface area contributed by atoms with Crippen molar-refractivity contribution < 1.29 is 4.74 Å². The summed E-state index contributed by atoms with van der Waals surface area (Å²) in [6.07, 6.45) is 1.77. The third kappa shape index (κ3) is 3.77. The van der Waals surface area contributed by atoms with E-state index in [2.05, 4.69) is 22.2 Å². The van der Waals surface area contributed by atoms with Gasteiger partial charge in [-0.05, 0) is 25.5 Å². The Morgan fingerprint density at radius 2 is 1.95 bits per heavy atom. The number of nitrogens with one attached hydrogen (secondary N) is 1. The molecule has 0 saturated heterocycles. The van der Waals surface area contributed by atoms with Crippen LogP contribution in [0.1, 0.15) is 24.7 Å². The monoisotopic (exact) mass is 325 g/mol. The molecule has 0 spiro atoms. The number of hydrogen-bond acceptors (Lipinski definition) is 4. The minimum Gasteiger partial charge on any atom is -0.438 e. The van der Waals surface area contributed by atoms with Gasteiger partial charge in [0.2, 0.25) is 5.88 Å². The van der Waals surface area contributed by atoms with E-state index in [-0.39, 0.29) is 0 Å². The topological polar surface area (TPSA) is 47.0 Å². The second-order valence-corrected chi connectivity index (χ2v) is 5.41. The van der Waals surface area contributed by atoms with Crippen LogP contribution in [0.5, 0.6) is 11.6 Å². The highest BCUT2D eigenvalue weighted by Crippen LogP contribution is 2.31. The van der Waals surface area contributed by atoms with Crippen molar-refractivity contribution in [3.8, 4) is 11.6 Å². The first-order chi connectivity index (χ1) is 10.0. The maximum atomic E-state index is 6.00. The van der Waals surface area contributed by atoms with Crippen LogP contribution in [0.2, 0.25) is 10.0 Å². The summed E-state index contributed by atoms with van der Waals surface area (Å²) in [6, 6.07) is 5.12. The third-order valence-electron chi connectivity index (χ3n) is 2.96. The number of halogens is 2. The zero-order valence-corrected chi connectivity index (χ0v) is 13.7. The highest BCUT2D eigenvalue weighted by atomic mass is 35.5. The van der Waals surface area contributed by atoms with Gasteiger partial charge in [-0.2, -0.15) is 4.98 Å². The molecule has 1 aromatic heterocycles. The Morgan fingerprint density at radius 1 is 1.19 bits per heavy atom. The van der Waals surface area contributed by atoms with E-state index < -0.39 is 0 Å². The second kappa shape index (κ2) is 6.96. The lowest BCUT2D eigenvalue weighted by Gasteiger charge is -2.13. The van der Waals surface area contributed by atoms with Crippen molar-refractivity contribution in [3.63, 3.8) is 0 Å². The molecule has 1 heterocycles. The van der Waals surface area contributed by atoms with Crippen LogP contribution in [-0.4, -0.2) is 17.0 Å². The Morgan fingerprint density at radius 3 is 2.57 bits per heavy atom. The van der Waals surface area contributed by atoms with E-state index in [0.717, 1.165) is 30.0 Å². The van der Waals surface area contributed by atoms with E-state index in [4.69, 9.17) is 27.9 Å². The Bertz CT molecular complexity index is 647. The van der Waals surface area contributed by atoms with Crippen LogP contribution in [0.15, 0.2) is 18.2 Å². The predicted octanol–water partition coefficient (Wildman–Crippen LogP) is 4.88. The standard InChI is InChI=1S/C15H17Cl2N3O/c1-4-5-13-19-14(18-3)9(2)15(20-13)21-10-6-7-11(16)12(17)8-10/h6-8H,4-5H2,1-3H3,(H,18,19,20). The molecule has 0 radical (unpaired) electrons. The molecule has 0 unspecified atom stereocenters. The largest absolute Gasteiger partial charge is 0.438 e. The molecule has 0 atom stereocenters. The van der Waals surface area contributed by atoms with E-state index in [1.165, 1.54) is 0 Å². The van der Waals surface area contributed by atoms with Crippen LogP contribution in [0, 0.1) is 6.92 Å². The van der Waals surface area contributed by atoms with Gasteiger partial charge >= 0.3 is 0 Å². The molecule has 0 saturated carbocycles. The van der Waals surface area contributed by atoms with E-state index in [9.17, 15) is 0 Å². The zero-order chi connectivity index (χ0) is 15.4. The van der Waals surface area contributed by atoms with Gasteiger partial charge in [0.05, 0.1) is 15.6 Å². The summed E-state index contributed by atoms with van der Waals surface area (Å²) in [5, 5.41) is 4.00. The third-order valence-corrected chi connectivity index (χ3v) is 3.70. The summed E-state index contributed by atoms with van der Waals surface area (Å²) in [5.41, 5.74) is 0.850. The molecule has 1 N–H and O–H groups in total. The van der Waals surface area contributed by atoms with E-state index in [1.54, 1.807) is 18.2 Å². The lowest BCUT2D eigenvalue weighted by atomic mass is 10.2. The summed E-state index contributed by atoms with van der Waals surface area (Å²) >= 11 is 11.9. The number of aromatic nitrogens is 2. The molecule has 2 aromatic rings. The van der Waals surface area contributed by atoms with E-state index >= 15 is 0 Å². The average molecular weight is 326 g/mol. The molecular weight excluding hydrogens is 309 g/mol. The van der Waals surface area contributed by atoms with Gasteiger partial charge in [-0.15, -0.1) is 0 Å². The van der Waals surface area contributed by atoms with Gasteiger partial charge in [0.1, 0.15) is 17.4 Å². The van der Waals surface area contributed by atoms with Crippen molar-refractivity contribution in [1.29, 1.82) is 0 Å². The fourth-order valence-corrected chi connectivity index (χ4v) is 2.16. The van der Waals surface area contributed by atoms with Crippen LogP contribution in [0.25, 0.3) is 0 Å². The van der Waals surface area contributed by atoms with Crippen LogP contribution < -0.4 is 10.1 Å². The lowest BCUT2D eigenvalue weighted by Crippen LogP contribution is -2.05. The number of ether oxygens (including phenoxy) is 1. The number of benzene rings is 1. The number of rotatable bonds is 5. The molecule has 0 fully saturated rings. The van der Waals surface area contributed by atoms with Gasteiger partial charge in [0.25, 0.3) is 0 Å². The first-order valence-corrected chi connectivity index (χ1v) is 7.49. The summed E-state index contributed by atoms with van der Waals surface area (Å²) in [6.45, 7) is 4.00. The summed E-state index contributed by atoms with van der Waals surface area (Å²) in [4.78, 5) is 8.93. The van der Waals surface area contributed by atoms with Gasteiger partial charge in [-0.3, -0.25) is 0 Å². The fourth-order valence-electron chi connectivity index (χ4n) is 1.87. The van der Waals surface area contributed by atoms with Gasteiger partial charge in [-0.1, -0.05) is 30.1 Å². The molecule has 112 valence electrons. The minimum atomic E-state index is 0.448. The lowest BCUT2D eigenvalue weighted by molar-refractivity contribution is 0.454. The SMILES string of the molecule is CCCc1nc(NC)c(C)c(Oc2ccc(Cl)c(Cl)c2)n1. The highest BCUT2D eigenvalue weighted by molar-refractivity contribution is 6.42. The molecule has 2 rings (SSSR count). The number of aryl methyl sites for hydroxylation is 1. The zero-order valence-electron chi connectivity index (χ0n) is 12.2. The molecule has 0 aliphatic heterocycles. The Hall–Kier alpha value is -1.52. The van der Waals surface area contributed by atoms with Crippen LogP contribution in [0.4, 0.5) is 5.82 Å². The number of nitrogens with zero attached hydrogens (tertiary/aromatic N) is 2. The average Bonchev–Trinajstić information content (AvgIpc) is 2.46. The van der Waals surface area contributed by atoms with Crippen molar-refractivity contribution in [2.75, 3.05) is 12.4 Å². The first kappa shape index (κ1) is 15.9. The molecule has 1 aromatic carbocycles. The summed E-state index contributed by atoms with van der Waals surface area (Å²) in [7, 11) is 1.83. The molecule has 0 amide bonds.